The van der Waals surface area contributed by atoms with Crippen molar-refractivity contribution in [1.29, 1.82) is 0 Å². The predicted octanol–water partition coefficient (Wildman–Crippen LogP) is 3.38. The molecule has 3 rings (SSSR count). The van der Waals surface area contributed by atoms with E-state index in [2.05, 4.69) is 15.3 Å². The van der Waals surface area contributed by atoms with Crippen molar-refractivity contribution in [3.05, 3.63) is 42.5 Å². The van der Waals surface area contributed by atoms with E-state index in [4.69, 9.17) is 0 Å². The molecule has 4 heteroatoms. The fraction of sp³-hybridized carbons (Fsp3) is 0.188. The van der Waals surface area contributed by atoms with E-state index in [0.29, 0.717) is 5.69 Å². The van der Waals surface area contributed by atoms with Crippen LogP contribution >= 0.6 is 0 Å². The van der Waals surface area contributed by atoms with E-state index < -0.39 is 0 Å². The smallest absolute Gasteiger partial charge is 0.226 e. The summed E-state index contributed by atoms with van der Waals surface area (Å²) in [6, 6.07) is 13.4. The molecular formula is C16H15N3O. The van der Waals surface area contributed by atoms with E-state index in [9.17, 15) is 4.79 Å². The molecule has 0 aliphatic heterocycles. The molecule has 1 aromatic heterocycles. The Morgan fingerprint density at radius 1 is 0.950 bits per heavy atom. The first-order chi connectivity index (χ1) is 9.65. The number of benzene rings is 2. The van der Waals surface area contributed by atoms with Crippen LogP contribution in [0.25, 0.3) is 22.1 Å². The standard InChI is InChI=1S/C16H15N3O/c1-10(2)16(20)19-14-9-5-8-13-15(14)18-12-7-4-3-6-11(12)17-13/h3-10H,1-2H3,(H,19,20). The van der Waals surface area contributed by atoms with E-state index in [0.717, 1.165) is 22.1 Å². The number of fused-ring (bicyclic) bond motifs is 2. The quantitative estimate of drug-likeness (QED) is 0.723. The molecule has 3 aromatic rings. The molecule has 0 fully saturated rings. The van der Waals surface area contributed by atoms with Crippen LogP contribution in [0.1, 0.15) is 13.8 Å². The number of carbonyl (C=O) groups excluding carboxylic acids is 1. The number of hydrogen-bond acceptors (Lipinski definition) is 3. The van der Waals surface area contributed by atoms with Crippen LogP contribution in [-0.2, 0) is 4.79 Å². The van der Waals surface area contributed by atoms with Gasteiger partial charge in [0.25, 0.3) is 0 Å². The number of aromatic nitrogens is 2. The molecule has 20 heavy (non-hydrogen) atoms. The number of carbonyl (C=O) groups is 1. The molecule has 1 amide bonds. The maximum Gasteiger partial charge on any atom is 0.226 e. The molecule has 0 atom stereocenters. The zero-order valence-corrected chi connectivity index (χ0v) is 11.4. The van der Waals surface area contributed by atoms with Crippen LogP contribution in [0.5, 0.6) is 0 Å². The number of nitrogens with one attached hydrogen (secondary N) is 1. The lowest BCUT2D eigenvalue weighted by molar-refractivity contribution is -0.118. The third-order valence-corrected chi connectivity index (χ3v) is 3.15. The van der Waals surface area contributed by atoms with Crippen LogP contribution in [0.4, 0.5) is 5.69 Å². The molecule has 2 aromatic carbocycles. The predicted molar refractivity (Wildman–Crippen MR) is 80.5 cm³/mol. The van der Waals surface area contributed by atoms with Gasteiger partial charge in [-0.25, -0.2) is 9.97 Å². The second-order valence-electron chi connectivity index (χ2n) is 5.03. The Hall–Kier alpha value is -2.49. The molecule has 0 spiro atoms. The van der Waals surface area contributed by atoms with E-state index in [-0.39, 0.29) is 11.8 Å². The van der Waals surface area contributed by atoms with Gasteiger partial charge in [-0.2, -0.15) is 0 Å². The SMILES string of the molecule is CC(C)C(=O)Nc1cccc2nc3ccccc3nc12. The van der Waals surface area contributed by atoms with E-state index in [1.54, 1.807) is 0 Å². The summed E-state index contributed by atoms with van der Waals surface area (Å²) in [5.74, 6) is -0.0915. The molecule has 0 unspecified atom stereocenters. The van der Waals surface area contributed by atoms with Crippen molar-refractivity contribution < 1.29 is 4.79 Å². The molecule has 4 nitrogen and oxygen atoms in total. The molecule has 1 heterocycles. The molecule has 0 saturated carbocycles. The summed E-state index contributed by atoms with van der Waals surface area (Å²) in [5, 5.41) is 2.91. The van der Waals surface area contributed by atoms with Crippen LogP contribution in [0.2, 0.25) is 0 Å². The normalized spacial score (nSPS) is 11.2. The molecule has 1 N–H and O–H groups in total. The van der Waals surface area contributed by atoms with Crippen LogP contribution in [0.15, 0.2) is 42.5 Å². The van der Waals surface area contributed by atoms with Gasteiger partial charge >= 0.3 is 0 Å². The molecular weight excluding hydrogens is 250 g/mol. The van der Waals surface area contributed by atoms with Crippen LogP contribution in [0, 0.1) is 5.92 Å². The van der Waals surface area contributed by atoms with Gasteiger partial charge in [-0.1, -0.05) is 32.0 Å². The minimum Gasteiger partial charge on any atom is -0.324 e. The summed E-state index contributed by atoms with van der Waals surface area (Å²) in [7, 11) is 0. The van der Waals surface area contributed by atoms with Crippen molar-refractivity contribution in [1.82, 2.24) is 9.97 Å². The van der Waals surface area contributed by atoms with E-state index in [1.165, 1.54) is 0 Å². The van der Waals surface area contributed by atoms with Gasteiger partial charge in [0.2, 0.25) is 5.91 Å². The van der Waals surface area contributed by atoms with Crippen LogP contribution < -0.4 is 5.32 Å². The van der Waals surface area contributed by atoms with Gasteiger partial charge in [-0.15, -0.1) is 0 Å². The first-order valence-corrected chi connectivity index (χ1v) is 6.61. The third-order valence-electron chi connectivity index (χ3n) is 3.15. The molecule has 0 radical (unpaired) electrons. The summed E-state index contributed by atoms with van der Waals surface area (Å²) in [6.45, 7) is 3.73. The first kappa shape index (κ1) is 12.5. The summed E-state index contributed by atoms with van der Waals surface area (Å²) < 4.78 is 0. The maximum atomic E-state index is 11.9. The number of para-hydroxylation sites is 3. The summed E-state index contributed by atoms with van der Waals surface area (Å²) in [6.07, 6.45) is 0. The van der Waals surface area contributed by atoms with E-state index in [1.807, 2.05) is 56.3 Å². The second kappa shape index (κ2) is 4.89. The Bertz CT molecular complexity index is 796. The summed E-state index contributed by atoms with van der Waals surface area (Å²) >= 11 is 0. The summed E-state index contributed by atoms with van der Waals surface area (Å²) in [4.78, 5) is 21.0. The second-order valence-corrected chi connectivity index (χ2v) is 5.03. The molecule has 0 bridgehead atoms. The fourth-order valence-electron chi connectivity index (χ4n) is 2.02. The number of rotatable bonds is 2. The summed E-state index contributed by atoms with van der Waals surface area (Å²) in [5.41, 5.74) is 3.89. The van der Waals surface area contributed by atoms with Crippen molar-refractivity contribution in [3.8, 4) is 0 Å². The maximum absolute atomic E-state index is 11.9. The number of amides is 1. The fourth-order valence-corrected chi connectivity index (χ4v) is 2.02. The molecule has 0 aliphatic carbocycles. The zero-order chi connectivity index (χ0) is 14.1. The number of nitrogens with zero attached hydrogens (tertiary/aromatic N) is 2. The topological polar surface area (TPSA) is 54.9 Å². The Kier molecular flexibility index (Phi) is 3.06. The van der Waals surface area contributed by atoms with Gasteiger partial charge < -0.3 is 5.32 Å². The van der Waals surface area contributed by atoms with Crippen molar-refractivity contribution in [2.45, 2.75) is 13.8 Å². The van der Waals surface area contributed by atoms with Crippen molar-refractivity contribution in [3.63, 3.8) is 0 Å². The zero-order valence-electron chi connectivity index (χ0n) is 11.4. The largest absolute Gasteiger partial charge is 0.324 e. The Morgan fingerprint density at radius 2 is 1.60 bits per heavy atom. The van der Waals surface area contributed by atoms with E-state index >= 15 is 0 Å². The van der Waals surface area contributed by atoms with Gasteiger partial charge in [0.15, 0.2) is 0 Å². The Labute approximate surface area is 116 Å². The van der Waals surface area contributed by atoms with Gasteiger partial charge in [0, 0.05) is 5.92 Å². The van der Waals surface area contributed by atoms with Crippen LogP contribution in [0.3, 0.4) is 0 Å². The lowest BCUT2D eigenvalue weighted by atomic mass is 10.2. The van der Waals surface area contributed by atoms with Crippen molar-refractivity contribution in [2.75, 3.05) is 5.32 Å². The van der Waals surface area contributed by atoms with Gasteiger partial charge in [0.1, 0.15) is 5.52 Å². The molecule has 0 saturated heterocycles. The lowest BCUT2D eigenvalue weighted by Gasteiger charge is -2.10. The number of hydrogen-bond donors (Lipinski definition) is 1. The molecule has 0 aliphatic rings. The highest BCUT2D eigenvalue weighted by Gasteiger charge is 2.11. The Balaban J connectivity index is 2.17. The van der Waals surface area contributed by atoms with Crippen LogP contribution in [-0.4, -0.2) is 15.9 Å². The average molecular weight is 265 g/mol. The first-order valence-electron chi connectivity index (χ1n) is 6.61. The van der Waals surface area contributed by atoms with Crippen molar-refractivity contribution in [2.24, 2.45) is 5.92 Å². The minimum atomic E-state index is -0.0707. The highest BCUT2D eigenvalue weighted by atomic mass is 16.1. The van der Waals surface area contributed by atoms with Gasteiger partial charge in [0.05, 0.1) is 22.2 Å². The minimum absolute atomic E-state index is 0.0209. The van der Waals surface area contributed by atoms with Crippen molar-refractivity contribution >= 4 is 33.7 Å². The lowest BCUT2D eigenvalue weighted by Crippen LogP contribution is -2.18. The highest BCUT2D eigenvalue weighted by Crippen LogP contribution is 2.23. The highest BCUT2D eigenvalue weighted by molar-refractivity contribution is 6.01. The van der Waals surface area contributed by atoms with Gasteiger partial charge in [-0.3, -0.25) is 4.79 Å². The average Bonchev–Trinajstić information content (AvgIpc) is 2.45. The third kappa shape index (κ3) is 2.20. The monoisotopic (exact) mass is 265 g/mol. The molecule has 100 valence electrons. The van der Waals surface area contributed by atoms with Gasteiger partial charge in [-0.05, 0) is 24.3 Å². The Morgan fingerprint density at radius 3 is 2.30 bits per heavy atom. The number of anilines is 1.